The van der Waals surface area contributed by atoms with E-state index in [2.05, 4.69) is 5.32 Å². The summed E-state index contributed by atoms with van der Waals surface area (Å²) in [5.41, 5.74) is 1.04. The van der Waals surface area contributed by atoms with Crippen LogP contribution in [-0.2, 0) is 11.3 Å². The number of benzene rings is 2. The van der Waals surface area contributed by atoms with Crippen LogP contribution in [-0.4, -0.2) is 20.4 Å². The minimum atomic E-state index is -0.550. The van der Waals surface area contributed by atoms with Crippen LogP contribution in [0, 0.1) is 6.92 Å². The summed E-state index contributed by atoms with van der Waals surface area (Å²) in [4.78, 5) is 24.6. The summed E-state index contributed by atoms with van der Waals surface area (Å²) in [6.45, 7) is 1.51. The van der Waals surface area contributed by atoms with Crippen LogP contribution in [0.5, 0.6) is 5.75 Å². The van der Waals surface area contributed by atoms with Crippen LogP contribution in [0.3, 0.4) is 0 Å². The number of carbonyl (C=O) groups excluding carboxylic acids is 1. The van der Waals surface area contributed by atoms with Crippen molar-refractivity contribution in [3.63, 3.8) is 0 Å². The predicted molar refractivity (Wildman–Crippen MR) is 91.5 cm³/mol. The molecule has 2 N–H and O–H groups in total. The van der Waals surface area contributed by atoms with Crippen LogP contribution in [0.15, 0.2) is 65.5 Å². The Morgan fingerprint density at radius 3 is 2.25 bits per heavy atom. The molecule has 0 saturated carbocycles. The number of carbonyl (C=O) groups is 1. The molecule has 0 aliphatic heterocycles. The van der Waals surface area contributed by atoms with E-state index in [1.54, 1.807) is 43.3 Å². The molecular formula is C18H17N3O3. The minimum absolute atomic E-state index is 0.0918. The van der Waals surface area contributed by atoms with Gasteiger partial charge in [-0.15, -0.1) is 0 Å². The number of amides is 1. The first-order valence-electron chi connectivity index (χ1n) is 7.49. The molecule has 2 aromatic carbocycles. The van der Waals surface area contributed by atoms with E-state index >= 15 is 0 Å². The summed E-state index contributed by atoms with van der Waals surface area (Å²) >= 11 is 0. The van der Waals surface area contributed by atoms with Gasteiger partial charge in [-0.05, 0) is 31.2 Å². The van der Waals surface area contributed by atoms with Crippen molar-refractivity contribution in [2.75, 3.05) is 5.32 Å². The Kier molecular flexibility index (Phi) is 4.20. The van der Waals surface area contributed by atoms with Gasteiger partial charge in [0, 0.05) is 5.69 Å². The highest BCUT2D eigenvalue weighted by Crippen LogP contribution is 2.16. The topological polar surface area (TPSA) is 76.3 Å². The van der Waals surface area contributed by atoms with E-state index in [0.29, 0.717) is 17.1 Å². The number of rotatable bonds is 4. The Balaban J connectivity index is 1.95. The Morgan fingerprint density at radius 2 is 1.62 bits per heavy atom. The van der Waals surface area contributed by atoms with E-state index in [9.17, 15) is 14.7 Å². The third kappa shape index (κ3) is 2.94. The van der Waals surface area contributed by atoms with E-state index < -0.39 is 5.56 Å². The number of anilines is 1. The maximum atomic E-state index is 12.3. The number of hydrogen-bond donors (Lipinski definition) is 2. The molecule has 6 nitrogen and oxygen atoms in total. The van der Waals surface area contributed by atoms with Gasteiger partial charge in [0.15, 0.2) is 0 Å². The van der Waals surface area contributed by atoms with Gasteiger partial charge < -0.3 is 10.4 Å². The first-order valence-corrected chi connectivity index (χ1v) is 7.49. The van der Waals surface area contributed by atoms with Crippen LogP contribution in [0.1, 0.15) is 5.69 Å². The molecule has 6 heteroatoms. The van der Waals surface area contributed by atoms with Gasteiger partial charge in [0.25, 0.3) is 0 Å². The molecule has 0 aliphatic rings. The monoisotopic (exact) mass is 323 g/mol. The molecular weight excluding hydrogens is 306 g/mol. The molecule has 24 heavy (non-hydrogen) atoms. The standard InChI is InChI=1S/C18H17N3O3/c1-13-17(23)18(24)21(15-10-6-3-7-11-15)20(13)12-16(22)19-14-8-4-2-5-9-14/h2-11,23H,12H2,1H3,(H,19,22). The van der Waals surface area contributed by atoms with Crippen molar-refractivity contribution in [2.45, 2.75) is 13.5 Å². The van der Waals surface area contributed by atoms with Gasteiger partial charge in [0.1, 0.15) is 6.54 Å². The molecule has 1 amide bonds. The maximum absolute atomic E-state index is 12.3. The molecule has 0 radical (unpaired) electrons. The van der Waals surface area contributed by atoms with Crippen molar-refractivity contribution in [3.05, 3.63) is 76.7 Å². The molecule has 0 fully saturated rings. The smallest absolute Gasteiger partial charge is 0.313 e. The highest BCUT2D eigenvalue weighted by molar-refractivity contribution is 5.90. The second-order valence-electron chi connectivity index (χ2n) is 5.36. The van der Waals surface area contributed by atoms with Crippen molar-refractivity contribution in [3.8, 4) is 11.4 Å². The van der Waals surface area contributed by atoms with Crippen LogP contribution >= 0.6 is 0 Å². The predicted octanol–water partition coefficient (Wildman–Crippen LogP) is 2.29. The quantitative estimate of drug-likeness (QED) is 0.773. The molecule has 0 saturated heterocycles. The summed E-state index contributed by atoms with van der Waals surface area (Å²) in [7, 11) is 0. The highest BCUT2D eigenvalue weighted by atomic mass is 16.3. The van der Waals surface area contributed by atoms with Gasteiger partial charge in [-0.2, -0.15) is 0 Å². The van der Waals surface area contributed by atoms with E-state index in [-0.39, 0.29) is 18.2 Å². The van der Waals surface area contributed by atoms with Crippen molar-refractivity contribution >= 4 is 11.6 Å². The molecule has 3 aromatic rings. The second kappa shape index (κ2) is 6.45. The van der Waals surface area contributed by atoms with Gasteiger partial charge in [-0.1, -0.05) is 36.4 Å². The molecule has 0 aliphatic carbocycles. The van der Waals surface area contributed by atoms with E-state index in [1.165, 1.54) is 9.36 Å². The lowest BCUT2D eigenvalue weighted by Gasteiger charge is -2.13. The average Bonchev–Trinajstić information content (AvgIpc) is 2.80. The largest absolute Gasteiger partial charge is 0.502 e. The van der Waals surface area contributed by atoms with E-state index in [4.69, 9.17) is 0 Å². The minimum Gasteiger partial charge on any atom is -0.502 e. The third-order valence-electron chi connectivity index (χ3n) is 3.72. The average molecular weight is 323 g/mol. The van der Waals surface area contributed by atoms with Crippen LogP contribution < -0.4 is 10.9 Å². The van der Waals surface area contributed by atoms with Gasteiger partial charge in [0.05, 0.1) is 11.4 Å². The fraction of sp³-hybridized carbons (Fsp3) is 0.111. The number of aromatic hydroxyl groups is 1. The summed E-state index contributed by atoms with van der Waals surface area (Å²) in [5, 5.41) is 12.8. The molecule has 1 heterocycles. The lowest BCUT2D eigenvalue weighted by Crippen LogP contribution is -2.27. The zero-order valence-electron chi connectivity index (χ0n) is 13.1. The summed E-state index contributed by atoms with van der Waals surface area (Å²) < 4.78 is 2.76. The van der Waals surface area contributed by atoms with Crippen molar-refractivity contribution < 1.29 is 9.90 Å². The number of nitrogens with one attached hydrogen (secondary N) is 1. The fourth-order valence-electron chi connectivity index (χ4n) is 2.51. The van der Waals surface area contributed by atoms with Crippen LogP contribution in [0.4, 0.5) is 5.69 Å². The fourth-order valence-corrected chi connectivity index (χ4v) is 2.51. The van der Waals surface area contributed by atoms with Gasteiger partial charge in [-0.3, -0.25) is 14.3 Å². The number of nitrogens with zero attached hydrogens (tertiary/aromatic N) is 2. The van der Waals surface area contributed by atoms with E-state index in [0.717, 1.165) is 0 Å². The van der Waals surface area contributed by atoms with Gasteiger partial charge in [-0.25, -0.2) is 4.68 Å². The lowest BCUT2D eigenvalue weighted by molar-refractivity contribution is -0.117. The van der Waals surface area contributed by atoms with Crippen molar-refractivity contribution in [2.24, 2.45) is 0 Å². The molecule has 0 spiro atoms. The summed E-state index contributed by atoms with van der Waals surface area (Å²) in [6.07, 6.45) is 0. The van der Waals surface area contributed by atoms with Crippen LogP contribution in [0.25, 0.3) is 5.69 Å². The summed E-state index contributed by atoms with van der Waals surface area (Å²) in [5.74, 6) is -0.643. The van der Waals surface area contributed by atoms with Crippen LogP contribution in [0.2, 0.25) is 0 Å². The second-order valence-corrected chi connectivity index (χ2v) is 5.36. The molecule has 0 atom stereocenters. The summed E-state index contributed by atoms with van der Waals surface area (Å²) in [6, 6.07) is 17.9. The maximum Gasteiger partial charge on any atom is 0.313 e. The zero-order chi connectivity index (χ0) is 17.1. The normalized spacial score (nSPS) is 10.5. The van der Waals surface area contributed by atoms with E-state index in [1.807, 2.05) is 24.3 Å². The van der Waals surface area contributed by atoms with Gasteiger partial charge in [0.2, 0.25) is 11.7 Å². The molecule has 122 valence electrons. The Hall–Kier alpha value is -3.28. The lowest BCUT2D eigenvalue weighted by atomic mass is 10.3. The van der Waals surface area contributed by atoms with Gasteiger partial charge >= 0.3 is 5.56 Å². The highest BCUT2D eigenvalue weighted by Gasteiger charge is 2.19. The first kappa shape index (κ1) is 15.6. The molecule has 0 bridgehead atoms. The number of para-hydroxylation sites is 2. The number of hydrogen-bond acceptors (Lipinski definition) is 3. The Labute approximate surface area is 138 Å². The van der Waals surface area contributed by atoms with Crippen molar-refractivity contribution in [1.82, 2.24) is 9.36 Å². The first-order chi connectivity index (χ1) is 11.6. The zero-order valence-corrected chi connectivity index (χ0v) is 13.1. The molecule has 3 rings (SSSR count). The number of aromatic nitrogens is 2. The Morgan fingerprint density at radius 1 is 1.04 bits per heavy atom. The molecule has 0 unspecified atom stereocenters. The SMILES string of the molecule is Cc1c(O)c(=O)n(-c2ccccc2)n1CC(=O)Nc1ccccc1. The Bertz CT molecular complexity index is 912. The molecule has 1 aromatic heterocycles. The van der Waals surface area contributed by atoms with Crippen molar-refractivity contribution in [1.29, 1.82) is 0 Å². The third-order valence-corrected chi connectivity index (χ3v) is 3.72.